The molecule has 0 aliphatic rings. The van der Waals surface area contributed by atoms with Crippen molar-refractivity contribution in [2.75, 3.05) is 15.9 Å². The molecule has 2 N–H and O–H groups in total. The number of nitrogens with zero attached hydrogens (tertiary/aromatic N) is 3. The lowest BCUT2D eigenvalue weighted by Gasteiger charge is -2.00. The molecule has 0 amide bonds. The molecule has 0 aliphatic carbocycles. The SMILES string of the molecule is Cc1nc2c(N)c(S(=O)CCI)sc2nc1-c1ncco1. The summed E-state index contributed by atoms with van der Waals surface area (Å²) >= 11 is 3.52. The molecule has 0 radical (unpaired) electrons. The summed E-state index contributed by atoms with van der Waals surface area (Å²) in [4.78, 5) is 13.8. The minimum atomic E-state index is -1.11. The normalized spacial score (nSPS) is 12.9. The van der Waals surface area contributed by atoms with E-state index in [2.05, 4.69) is 37.5 Å². The van der Waals surface area contributed by atoms with Crippen LogP contribution in [0.1, 0.15) is 5.69 Å². The number of alkyl halides is 1. The molecular formula is C12H11IN4O2S2. The Hall–Kier alpha value is -1.07. The van der Waals surface area contributed by atoms with Gasteiger partial charge in [0.25, 0.3) is 0 Å². The molecule has 0 saturated heterocycles. The zero-order valence-electron chi connectivity index (χ0n) is 11.0. The third-order valence-electron chi connectivity index (χ3n) is 2.81. The Balaban J connectivity index is 2.17. The molecular weight excluding hydrogens is 423 g/mol. The highest BCUT2D eigenvalue weighted by Gasteiger charge is 2.20. The molecule has 3 aromatic heterocycles. The highest BCUT2D eigenvalue weighted by molar-refractivity contribution is 14.1. The van der Waals surface area contributed by atoms with Crippen molar-refractivity contribution in [1.82, 2.24) is 15.0 Å². The van der Waals surface area contributed by atoms with Crippen LogP contribution in [-0.4, -0.2) is 29.3 Å². The van der Waals surface area contributed by atoms with E-state index in [0.717, 1.165) is 4.43 Å². The Kier molecular flexibility index (Phi) is 4.22. The van der Waals surface area contributed by atoms with E-state index < -0.39 is 10.8 Å². The first kappa shape index (κ1) is 14.9. The predicted molar refractivity (Wildman–Crippen MR) is 92.2 cm³/mol. The van der Waals surface area contributed by atoms with E-state index in [0.29, 0.717) is 43.3 Å². The van der Waals surface area contributed by atoms with Gasteiger partial charge in [-0.05, 0) is 6.92 Å². The van der Waals surface area contributed by atoms with Crippen molar-refractivity contribution < 1.29 is 8.63 Å². The monoisotopic (exact) mass is 434 g/mol. The number of nitrogens with two attached hydrogens (primary N) is 1. The molecule has 0 saturated carbocycles. The number of hydrogen-bond donors (Lipinski definition) is 1. The summed E-state index contributed by atoms with van der Waals surface area (Å²) < 4.78 is 18.9. The minimum absolute atomic E-state index is 0.420. The van der Waals surface area contributed by atoms with Crippen molar-refractivity contribution >= 4 is 60.8 Å². The fraction of sp³-hybridized carbons (Fsp3) is 0.250. The number of aryl methyl sites for hydroxylation is 1. The number of halogens is 1. The Bertz CT molecular complexity index is 816. The van der Waals surface area contributed by atoms with E-state index in [1.165, 1.54) is 17.6 Å². The number of hydrogen-bond acceptors (Lipinski definition) is 7. The van der Waals surface area contributed by atoms with Crippen LogP contribution in [-0.2, 0) is 10.8 Å². The predicted octanol–water partition coefficient (Wildman–Crippen LogP) is 2.78. The van der Waals surface area contributed by atoms with Crippen LogP contribution in [0.25, 0.3) is 21.9 Å². The summed E-state index contributed by atoms with van der Waals surface area (Å²) in [6.45, 7) is 1.82. The summed E-state index contributed by atoms with van der Waals surface area (Å²) in [7, 11) is -1.11. The lowest BCUT2D eigenvalue weighted by Crippen LogP contribution is -2.00. The maximum atomic E-state index is 12.2. The molecule has 3 heterocycles. The molecule has 0 aliphatic heterocycles. The fourth-order valence-corrected chi connectivity index (χ4v) is 5.36. The number of anilines is 1. The van der Waals surface area contributed by atoms with Gasteiger partial charge in [-0.25, -0.2) is 15.0 Å². The largest absolute Gasteiger partial charge is 0.443 e. The van der Waals surface area contributed by atoms with E-state index in [4.69, 9.17) is 10.2 Å². The molecule has 3 rings (SSSR count). The van der Waals surface area contributed by atoms with E-state index in [1.807, 2.05) is 6.92 Å². The lowest BCUT2D eigenvalue weighted by atomic mass is 10.3. The number of oxazole rings is 1. The quantitative estimate of drug-likeness (QED) is 0.501. The molecule has 6 nitrogen and oxygen atoms in total. The molecule has 9 heteroatoms. The zero-order chi connectivity index (χ0) is 15.0. The van der Waals surface area contributed by atoms with Crippen LogP contribution in [0.4, 0.5) is 5.69 Å². The summed E-state index contributed by atoms with van der Waals surface area (Å²) in [5, 5.41) is 0. The van der Waals surface area contributed by atoms with Gasteiger partial charge in [-0.2, -0.15) is 0 Å². The van der Waals surface area contributed by atoms with Crippen molar-refractivity contribution in [3.8, 4) is 11.6 Å². The van der Waals surface area contributed by atoms with Crippen LogP contribution in [0, 0.1) is 6.92 Å². The molecule has 0 spiro atoms. The van der Waals surface area contributed by atoms with Gasteiger partial charge in [0.15, 0.2) is 0 Å². The number of aromatic nitrogens is 3. The van der Waals surface area contributed by atoms with Gasteiger partial charge in [0.05, 0.1) is 28.4 Å². The van der Waals surface area contributed by atoms with Crippen LogP contribution in [0.2, 0.25) is 0 Å². The van der Waals surface area contributed by atoms with Gasteiger partial charge in [0.1, 0.15) is 26.5 Å². The number of nitrogen functional groups attached to an aromatic ring is 1. The smallest absolute Gasteiger partial charge is 0.246 e. The van der Waals surface area contributed by atoms with Gasteiger partial charge in [-0.15, -0.1) is 11.3 Å². The van der Waals surface area contributed by atoms with E-state index in [1.54, 1.807) is 6.20 Å². The zero-order valence-corrected chi connectivity index (χ0v) is 14.8. The van der Waals surface area contributed by atoms with Gasteiger partial charge >= 0.3 is 0 Å². The van der Waals surface area contributed by atoms with Crippen LogP contribution < -0.4 is 5.73 Å². The fourth-order valence-electron chi connectivity index (χ4n) is 1.86. The number of thiophene rings is 1. The highest BCUT2D eigenvalue weighted by Crippen LogP contribution is 2.35. The third kappa shape index (κ3) is 2.69. The van der Waals surface area contributed by atoms with Crippen molar-refractivity contribution in [3.05, 3.63) is 18.2 Å². The van der Waals surface area contributed by atoms with Gasteiger partial charge in [0, 0.05) is 10.2 Å². The third-order valence-corrected chi connectivity index (χ3v) is 6.98. The molecule has 1 unspecified atom stereocenters. The second-order valence-corrected chi connectivity index (χ2v) is 8.03. The minimum Gasteiger partial charge on any atom is -0.443 e. The van der Waals surface area contributed by atoms with Crippen LogP contribution in [0.5, 0.6) is 0 Å². The number of fused-ring (bicyclic) bond motifs is 1. The van der Waals surface area contributed by atoms with E-state index in [9.17, 15) is 4.21 Å². The van der Waals surface area contributed by atoms with Crippen molar-refractivity contribution in [2.45, 2.75) is 11.1 Å². The molecule has 110 valence electrons. The van der Waals surface area contributed by atoms with E-state index >= 15 is 0 Å². The first-order valence-electron chi connectivity index (χ1n) is 6.02. The maximum absolute atomic E-state index is 12.2. The second-order valence-electron chi connectivity index (χ2n) is 4.19. The van der Waals surface area contributed by atoms with Crippen molar-refractivity contribution in [3.63, 3.8) is 0 Å². The van der Waals surface area contributed by atoms with Crippen LogP contribution >= 0.6 is 33.9 Å². The van der Waals surface area contributed by atoms with Gasteiger partial charge in [-0.1, -0.05) is 22.6 Å². The average Bonchev–Trinajstić information content (AvgIpc) is 3.08. The summed E-state index contributed by atoms with van der Waals surface area (Å²) in [6.07, 6.45) is 3.05. The molecule has 3 aromatic rings. The van der Waals surface area contributed by atoms with Crippen LogP contribution in [0.15, 0.2) is 21.1 Å². The number of rotatable bonds is 4. The van der Waals surface area contributed by atoms with Gasteiger partial charge in [0.2, 0.25) is 5.89 Å². The first-order chi connectivity index (χ1) is 10.1. The topological polar surface area (TPSA) is 94.9 Å². The molecule has 0 bridgehead atoms. The first-order valence-corrected chi connectivity index (χ1v) is 9.68. The molecule has 0 fully saturated rings. The van der Waals surface area contributed by atoms with Crippen LogP contribution in [0.3, 0.4) is 0 Å². The summed E-state index contributed by atoms with van der Waals surface area (Å²) in [6, 6.07) is 0. The van der Waals surface area contributed by atoms with Crippen molar-refractivity contribution in [2.24, 2.45) is 0 Å². The maximum Gasteiger partial charge on any atom is 0.246 e. The lowest BCUT2D eigenvalue weighted by molar-refractivity contribution is 0.571. The van der Waals surface area contributed by atoms with Crippen molar-refractivity contribution in [1.29, 1.82) is 0 Å². The standard InChI is InChI=1S/C12H11IN4O2S2/c1-6-8(10-15-3-4-19-10)17-11-9(16-6)7(14)12(20-11)21(18)5-2-13/h3-4H,2,5,14H2,1H3. The van der Waals surface area contributed by atoms with Gasteiger partial charge in [-0.3, -0.25) is 4.21 Å². The summed E-state index contributed by atoms with van der Waals surface area (Å²) in [5.41, 5.74) is 8.41. The molecule has 21 heavy (non-hydrogen) atoms. The Morgan fingerprint density at radius 3 is 2.95 bits per heavy atom. The average molecular weight is 434 g/mol. The molecule has 1 atom stereocenters. The highest BCUT2D eigenvalue weighted by atomic mass is 127. The Labute approximate surface area is 140 Å². The Morgan fingerprint density at radius 1 is 1.48 bits per heavy atom. The summed E-state index contributed by atoms with van der Waals surface area (Å²) in [5.74, 6) is 0.993. The second kappa shape index (κ2) is 5.97. The molecule has 0 aromatic carbocycles. The van der Waals surface area contributed by atoms with E-state index in [-0.39, 0.29) is 0 Å². The van der Waals surface area contributed by atoms with Gasteiger partial charge < -0.3 is 10.2 Å². The Morgan fingerprint density at radius 2 is 2.29 bits per heavy atom.